The van der Waals surface area contributed by atoms with Crippen molar-refractivity contribution in [3.05, 3.63) is 35.9 Å². The van der Waals surface area contributed by atoms with Gasteiger partial charge in [-0.25, -0.2) is 4.39 Å². The predicted octanol–water partition coefficient (Wildman–Crippen LogP) is 2.37. The summed E-state index contributed by atoms with van der Waals surface area (Å²) in [6.07, 6.45) is -1.46. The van der Waals surface area contributed by atoms with Crippen molar-refractivity contribution in [3.8, 4) is 0 Å². The van der Waals surface area contributed by atoms with Gasteiger partial charge in [0.1, 0.15) is 0 Å². The van der Waals surface area contributed by atoms with E-state index in [1.54, 1.807) is 5.32 Å². The van der Waals surface area contributed by atoms with E-state index in [4.69, 9.17) is 0 Å². The van der Waals surface area contributed by atoms with E-state index in [-0.39, 0.29) is 0 Å². The minimum absolute atomic E-state index is 0.590. The summed E-state index contributed by atoms with van der Waals surface area (Å²) in [5.41, 5.74) is -5.25. The van der Waals surface area contributed by atoms with Gasteiger partial charge in [0, 0.05) is 18.5 Å². The van der Waals surface area contributed by atoms with Crippen LogP contribution in [-0.4, -0.2) is 35.7 Å². The Hall–Kier alpha value is -1.99. The van der Waals surface area contributed by atoms with E-state index < -0.39 is 47.7 Å². The second-order valence-corrected chi connectivity index (χ2v) is 4.64. The van der Waals surface area contributed by atoms with Gasteiger partial charge in [-0.05, 0) is 0 Å². The summed E-state index contributed by atoms with van der Waals surface area (Å²) in [7, 11) is 0. The summed E-state index contributed by atoms with van der Waals surface area (Å²) < 4.78 is 69.2. The normalized spacial score (nSPS) is 27.6. The number of hydrogen-bond donors (Lipinski definition) is 1. The molecule has 1 unspecified atom stereocenters. The number of halogens is 5. The molecule has 0 aromatic heterocycles. The summed E-state index contributed by atoms with van der Waals surface area (Å²) in [6.45, 7) is -0.852. The Bertz CT molecular complexity index is 575. The van der Waals surface area contributed by atoms with E-state index in [1.807, 2.05) is 0 Å². The first-order valence-corrected chi connectivity index (χ1v) is 5.97. The van der Waals surface area contributed by atoms with Crippen molar-refractivity contribution >= 4 is 11.7 Å². The maximum atomic E-state index is 14.6. The molecule has 0 spiro atoms. The van der Waals surface area contributed by atoms with Crippen LogP contribution in [0.1, 0.15) is 16.8 Å². The van der Waals surface area contributed by atoms with Crippen LogP contribution in [0.25, 0.3) is 0 Å². The van der Waals surface area contributed by atoms with Crippen molar-refractivity contribution in [1.82, 2.24) is 5.32 Å². The van der Waals surface area contributed by atoms with Gasteiger partial charge in [0.15, 0.2) is 0 Å². The largest absolute Gasteiger partial charge is 0.360 e. The van der Waals surface area contributed by atoms with Gasteiger partial charge in [0.05, 0.1) is 0 Å². The molecule has 1 atom stereocenters. The van der Waals surface area contributed by atoms with Crippen LogP contribution in [-0.2, 0) is 4.79 Å². The van der Waals surface area contributed by atoms with E-state index in [1.165, 1.54) is 18.2 Å². The van der Waals surface area contributed by atoms with Crippen LogP contribution >= 0.6 is 0 Å². The van der Waals surface area contributed by atoms with Crippen LogP contribution in [0.3, 0.4) is 0 Å². The second kappa shape index (κ2) is 4.78. The fourth-order valence-electron chi connectivity index (χ4n) is 2.04. The molecule has 1 amide bonds. The average Bonchev–Trinajstić information content (AvgIpc) is 2.50. The molecular weight excluding hydrogens is 297 g/mol. The zero-order chi connectivity index (χ0) is 15.9. The third kappa shape index (κ3) is 2.09. The van der Waals surface area contributed by atoms with Crippen molar-refractivity contribution < 1.29 is 31.5 Å². The number of nitrogens with one attached hydrogen (secondary N) is 1. The molecule has 21 heavy (non-hydrogen) atoms. The Balaban J connectivity index is 2.59. The fraction of sp³-hybridized carbons (Fsp3) is 0.385. The molecule has 1 fully saturated rings. The van der Waals surface area contributed by atoms with Gasteiger partial charge >= 0.3 is 17.5 Å². The van der Waals surface area contributed by atoms with Gasteiger partial charge in [-0.2, -0.15) is 17.6 Å². The Kier molecular flexibility index (Phi) is 3.51. The fourth-order valence-corrected chi connectivity index (χ4v) is 2.04. The molecule has 2 rings (SSSR count). The predicted molar refractivity (Wildman–Crippen MR) is 62.1 cm³/mol. The van der Waals surface area contributed by atoms with Crippen molar-refractivity contribution in [2.75, 3.05) is 6.54 Å². The molecule has 1 saturated heterocycles. The summed E-state index contributed by atoms with van der Waals surface area (Å²) in [4.78, 5) is 23.5. The topological polar surface area (TPSA) is 46.2 Å². The Morgan fingerprint density at radius 3 is 2.19 bits per heavy atom. The lowest BCUT2D eigenvalue weighted by Gasteiger charge is -2.33. The highest BCUT2D eigenvalue weighted by Crippen LogP contribution is 2.49. The molecule has 1 heterocycles. The maximum Gasteiger partial charge on any atom is 0.360 e. The first-order valence-electron chi connectivity index (χ1n) is 5.97. The maximum absolute atomic E-state index is 14.6. The Labute approximate surface area is 116 Å². The molecule has 0 radical (unpaired) electrons. The summed E-state index contributed by atoms with van der Waals surface area (Å²) in [5.74, 6) is -14.3. The van der Waals surface area contributed by atoms with E-state index in [9.17, 15) is 31.5 Å². The third-order valence-corrected chi connectivity index (χ3v) is 3.28. The SMILES string of the molecule is O=C1NCCC(F)(F)C(F)(F)C1(F)C(=O)c1ccccc1. The second-order valence-electron chi connectivity index (χ2n) is 4.64. The number of Topliss-reactive ketones (excluding diaryl/α,β-unsaturated/α-hetero) is 1. The number of benzene rings is 1. The average molecular weight is 307 g/mol. The lowest BCUT2D eigenvalue weighted by Crippen LogP contribution is -2.64. The first kappa shape index (κ1) is 15.4. The number of carbonyl (C=O) groups is 2. The summed E-state index contributed by atoms with van der Waals surface area (Å²) >= 11 is 0. The molecule has 3 nitrogen and oxygen atoms in total. The zero-order valence-electron chi connectivity index (χ0n) is 10.5. The van der Waals surface area contributed by atoms with Gasteiger partial charge in [-0.3, -0.25) is 9.59 Å². The van der Waals surface area contributed by atoms with E-state index in [0.717, 1.165) is 12.1 Å². The van der Waals surface area contributed by atoms with Crippen LogP contribution in [0, 0.1) is 0 Å². The molecule has 0 saturated carbocycles. The van der Waals surface area contributed by atoms with Crippen molar-refractivity contribution in [3.63, 3.8) is 0 Å². The van der Waals surface area contributed by atoms with Gasteiger partial charge in [0.2, 0.25) is 5.78 Å². The smallest absolute Gasteiger partial charge is 0.352 e. The molecule has 1 N–H and O–H groups in total. The van der Waals surface area contributed by atoms with Crippen LogP contribution in [0.2, 0.25) is 0 Å². The number of carbonyl (C=O) groups excluding carboxylic acids is 2. The number of hydrogen-bond acceptors (Lipinski definition) is 2. The zero-order valence-corrected chi connectivity index (χ0v) is 10.5. The number of alkyl halides is 5. The molecule has 0 bridgehead atoms. The monoisotopic (exact) mass is 307 g/mol. The van der Waals surface area contributed by atoms with Crippen LogP contribution in [0.4, 0.5) is 22.0 Å². The summed E-state index contributed by atoms with van der Waals surface area (Å²) in [6, 6.07) is 5.83. The number of ketones is 1. The van der Waals surface area contributed by atoms with Crippen molar-refractivity contribution in [1.29, 1.82) is 0 Å². The first-order chi connectivity index (χ1) is 9.64. The lowest BCUT2D eigenvalue weighted by molar-refractivity contribution is -0.249. The van der Waals surface area contributed by atoms with Crippen LogP contribution in [0.5, 0.6) is 0 Å². The highest BCUT2D eigenvalue weighted by molar-refractivity contribution is 6.18. The molecule has 114 valence electrons. The molecule has 0 aliphatic carbocycles. The van der Waals surface area contributed by atoms with Gasteiger partial charge in [-0.1, -0.05) is 30.3 Å². The van der Waals surface area contributed by atoms with Crippen molar-refractivity contribution in [2.45, 2.75) is 23.9 Å². The van der Waals surface area contributed by atoms with Crippen molar-refractivity contribution in [2.24, 2.45) is 0 Å². The van der Waals surface area contributed by atoms with E-state index >= 15 is 0 Å². The van der Waals surface area contributed by atoms with Gasteiger partial charge in [-0.15, -0.1) is 0 Å². The highest BCUT2D eigenvalue weighted by Gasteiger charge is 2.77. The molecule has 8 heteroatoms. The summed E-state index contributed by atoms with van der Waals surface area (Å²) in [5, 5.41) is 1.60. The van der Waals surface area contributed by atoms with Gasteiger partial charge in [0.25, 0.3) is 5.91 Å². The molecule has 1 aromatic rings. The standard InChI is InChI=1S/C13H10F5NO2/c14-11(15)6-7-19-10(21)12(16,13(11,17)18)9(20)8-4-2-1-3-5-8/h1-5H,6-7H2,(H,19,21). The van der Waals surface area contributed by atoms with E-state index in [2.05, 4.69) is 0 Å². The molecule has 1 aliphatic heterocycles. The Morgan fingerprint density at radius 2 is 1.62 bits per heavy atom. The highest BCUT2D eigenvalue weighted by atomic mass is 19.3. The lowest BCUT2D eigenvalue weighted by atomic mass is 9.84. The van der Waals surface area contributed by atoms with E-state index in [0.29, 0.717) is 0 Å². The quantitative estimate of drug-likeness (QED) is 0.518. The third-order valence-electron chi connectivity index (χ3n) is 3.28. The molecule has 1 aliphatic rings. The van der Waals surface area contributed by atoms with Crippen LogP contribution < -0.4 is 5.32 Å². The van der Waals surface area contributed by atoms with Crippen LogP contribution in [0.15, 0.2) is 30.3 Å². The molecule has 1 aromatic carbocycles. The Morgan fingerprint density at radius 1 is 1.05 bits per heavy atom. The number of amides is 1. The van der Waals surface area contributed by atoms with Gasteiger partial charge < -0.3 is 5.32 Å². The minimum atomic E-state index is -5.45. The molecular formula is C13H10F5NO2. The number of rotatable bonds is 2. The minimum Gasteiger partial charge on any atom is -0.352 e.